The van der Waals surface area contributed by atoms with Crippen LogP contribution in [-0.4, -0.2) is 25.2 Å². The van der Waals surface area contributed by atoms with Crippen LogP contribution in [0.5, 0.6) is 0 Å². The number of esters is 2. The average molecular weight is 573 g/mol. The lowest BCUT2D eigenvalue weighted by Gasteiger charge is -2.04. The maximum absolute atomic E-state index is 12.8. The summed E-state index contributed by atoms with van der Waals surface area (Å²) in [5.74, 6) is -0.609. The van der Waals surface area contributed by atoms with Crippen LogP contribution >= 0.6 is 34.0 Å². The summed E-state index contributed by atoms with van der Waals surface area (Å²) >= 11 is 4.55. The van der Waals surface area contributed by atoms with Gasteiger partial charge in [0.05, 0.1) is 13.2 Å². The fraction of sp³-hybridized carbons (Fsp3) is 0.188. The maximum atomic E-state index is 12.8. The monoisotopic (exact) mass is 572 g/mol. The van der Waals surface area contributed by atoms with Crippen molar-refractivity contribution < 1.29 is 19.1 Å². The second-order valence-electron chi connectivity index (χ2n) is 9.04. The van der Waals surface area contributed by atoms with Gasteiger partial charge in [0.15, 0.2) is 0 Å². The van der Waals surface area contributed by atoms with E-state index in [1.165, 1.54) is 22.7 Å². The number of carbonyl (C=O) groups is 2. The van der Waals surface area contributed by atoms with Gasteiger partial charge < -0.3 is 9.47 Å². The Morgan fingerprint density at radius 2 is 0.949 bits per heavy atom. The topological polar surface area (TPSA) is 52.6 Å². The molecule has 5 rings (SSSR count). The van der Waals surface area contributed by atoms with Gasteiger partial charge in [-0.15, -0.1) is 34.0 Å². The van der Waals surface area contributed by atoms with Crippen molar-refractivity contribution in [2.45, 2.75) is 27.7 Å². The van der Waals surface area contributed by atoms with Crippen LogP contribution in [-0.2, 0) is 9.47 Å². The molecule has 0 amide bonds. The van der Waals surface area contributed by atoms with Crippen LogP contribution in [0.4, 0.5) is 0 Å². The van der Waals surface area contributed by atoms with Crippen molar-refractivity contribution in [3.8, 4) is 41.8 Å². The summed E-state index contributed by atoms with van der Waals surface area (Å²) in [5.41, 5.74) is 6.07. The average Bonchev–Trinajstić information content (AvgIpc) is 3.68. The van der Waals surface area contributed by atoms with Crippen LogP contribution < -0.4 is 0 Å². The third-order valence-corrected chi connectivity index (χ3v) is 9.91. The molecule has 2 aromatic carbocycles. The molecule has 0 saturated carbocycles. The molecule has 0 saturated heterocycles. The Labute approximate surface area is 240 Å². The Morgan fingerprint density at radius 3 is 1.31 bits per heavy atom. The lowest BCUT2D eigenvalue weighted by molar-refractivity contribution is 0.0523. The van der Waals surface area contributed by atoms with Crippen molar-refractivity contribution in [3.63, 3.8) is 0 Å². The predicted molar refractivity (Wildman–Crippen MR) is 163 cm³/mol. The summed E-state index contributed by atoms with van der Waals surface area (Å²) in [6.07, 6.45) is 0. The fourth-order valence-corrected chi connectivity index (χ4v) is 7.54. The number of ether oxygens (including phenoxy) is 2. The van der Waals surface area contributed by atoms with Gasteiger partial charge in [-0.05, 0) is 63.1 Å². The van der Waals surface area contributed by atoms with Crippen molar-refractivity contribution >= 4 is 45.9 Å². The van der Waals surface area contributed by atoms with Gasteiger partial charge in [0.1, 0.15) is 9.75 Å². The molecular formula is C32H28O4S3. The SMILES string of the molecule is CCOC(=O)c1sc(-c2ccc(-c3cc(-c4ccc(C)cc4)c(C(=O)OCC)s3)s2)cc1-c1ccc(C)cc1. The number of hydrogen-bond acceptors (Lipinski definition) is 7. The molecule has 0 unspecified atom stereocenters. The zero-order chi connectivity index (χ0) is 27.5. The molecule has 0 aliphatic heterocycles. The van der Waals surface area contributed by atoms with E-state index < -0.39 is 0 Å². The van der Waals surface area contributed by atoms with E-state index in [-0.39, 0.29) is 11.9 Å². The van der Waals surface area contributed by atoms with Crippen LogP contribution in [0.2, 0.25) is 0 Å². The first-order valence-electron chi connectivity index (χ1n) is 12.7. The van der Waals surface area contributed by atoms with E-state index in [9.17, 15) is 9.59 Å². The zero-order valence-corrected chi connectivity index (χ0v) is 24.6. The lowest BCUT2D eigenvalue weighted by atomic mass is 10.0. The summed E-state index contributed by atoms with van der Waals surface area (Å²) in [4.78, 5) is 31.0. The summed E-state index contributed by atoms with van der Waals surface area (Å²) in [7, 11) is 0. The van der Waals surface area contributed by atoms with Crippen LogP contribution in [0.3, 0.4) is 0 Å². The minimum atomic E-state index is -0.304. The van der Waals surface area contributed by atoms with Gasteiger partial charge in [-0.2, -0.15) is 0 Å². The normalized spacial score (nSPS) is 11.0. The molecule has 5 aromatic rings. The molecule has 198 valence electrons. The van der Waals surface area contributed by atoms with Crippen molar-refractivity contribution in [1.29, 1.82) is 0 Å². The van der Waals surface area contributed by atoms with E-state index in [1.54, 1.807) is 11.3 Å². The van der Waals surface area contributed by atoms with E-state index in [2.05, 4.69) is 48.5 Å². The van der Waals surface area contributed by atoms with Gasteiger partial charge in [0.25, 0.3) is 0 Å². The number of thiophene rings is 3. The molecule has 0 radical (unpaired) electrons. The third-order valence-electron chi connectivity index (χ3n) is 6.20. The van der Waals surface area contributed by atoms with E-state index in [1.807, 2.05) is 52.0 Å². The Balaban J connectivity index is 1.54. The van der Waals surface area contributed by atoms with Gasteiger partial charge in [0.2, 0.25) is 0 Å². The van der Waals surface area contributed by atoms with Crippen LogP contribution in [0.25, 0.3) is 41.8 Å². The first-order valence-corrected chi connectivity index (χ1v) is 15.2. The van der Waals surface area contributed by atoms with Crippen molar-refractivity contribution in [2.24, 2.45) is 0 Å². The number of aryl methyl sites for hydroxylation is 2. The highest BCUT2D eigenvalue weighted by atomic mass is 32.1. The lowest BCUT2D eigenvalue weighted by Crippen LogP contribution is -2.03. The molecule has 0 bridgehead atoms. The standard InChI is InChI=1S/C32H28O4S3/c1-5-35-31(33)29-23(21-11-7-19(3)8-12-21)17-27(38-29)25-15-16-26(37-25)28-18-24(22-13-9-20(4)10-14-22)30(39-28)32(34)36-6-2/h7-18H,5-6H2,1-4H3. The summed E-state index contributed by atoms with van der Waals surface area (Å²) in [6, 6.07) is 24.7. The summed E-state index contributed by atoms with van der Waals surface area (Å²) in [6.45, 7) is 8.38. The molecule has 0 fully saturated rings. The number of rotatable bonds is 8. The van der Waals surface area contributed by atoms with Crippen molar-refractivity contribution in [2.75, 3.05) is 13.2 Å². The van der Waals surface area contributed by atoms with Gasteiger partial charge in [0, 0.05) is 30.6 Å². The molecule has 3 aromatic heterocycles. The Hall–Kier alpha value is -3.52. The Morgan fingerprint density at radius 1 is 0.564 bits per heavy atom. The first-order chi connectivity index (χ1) is 18.9. The van der Waals surface area contributed by atoms with E-state index in [0.717, 1.165) is 52.9 Å². The minimum Gasteiger partial charge on any atom is -0.462 e. The van der Waals surface area contributed by atoms with E-state index in [4.69, 9.17) is 9.47 Å². The van der Waals surface area contributed by atoms with Crippen molar-refractivity contribution in [3.05, 3.63) is 93.7 Å². The quantitative estimate of drug-likeness (QED) is 0.174. The Bertz CT molecular complexity index is 1500. The first kappa shape index (κ1) is 27.1. The van der Waals surface area contributed by atoms with Crippen LogP contribution in [0.1, 0.15) is 44.3 Å². The Kier molecular flexibility index (Phi) is 8.12. The molecular weight excluding hydrogens is 545 g/mol. The smallest absolute Gasteiger partial charge is 0.348 e. The largest absolute Gasteiger partial charge is 0.462 e. The number of benzene rings is 2. The van der Waals surface area contributed by atoms with Gasteiger partial charge in [-0.1, -0.05) is 59.7 Å². The predicted octanol–water partition coefficient (Wildman–Crippen LogP) is 9.51. The van der Waals surface area contributed by atoms with E-state index in [0.29, 0.717) is 23.0 Å². The van der Waals surface area contributed by atoms with Crippen molar-refractivity contribution in [1.82, 2.24) is 0 Å². The zero-order valence-electron chi connectivity index (χ0n) is 22.2. The summed E-state index contributed by atoms with van der Waals surface area (Å²) in [5, 5.41) is 0. The van der Waals surface area contributed by atoms with Crippen LogP contribution in [0, 0.1) is 13.8 Å². The maximum Gasteiger partial charge on any atom is 0.348 e. The third kappa shape index (κ3) is 5.76. The van der Waals surface area contributed by atoms with Gasteiger partial charge in [-0.25, -0.2) is 9.59 Å². The highest BCUT2D eigenvalue weighted by molar-refractivity contribution is 7.27. The fourth-order valence-electron chi connectivity index (χ4n) is 4.22. The number of hydrogen-bond donors (Lipinski definition) is 0. The van der Waals surface area contributed by atoms with Crippen LogP contribution in [0.15, 0.2) is 72.8 Å². The molecule has 3 heterocycles. The summed E-state index contributed by atoms with van der Waals surface area (Å²) < 4.78 is 10.8. The number of carbonyl (C=O) groups excluding carboxylic acids is 2. The molecule has 0 aliphatic rings. The van der Waals surface area contributed by atoms with Gasteiger partial charge >= 0.3 is 11.9 Å². The molecule has 4 nitrogen and oxygen atoms in total. The molecule has 0 N–H and O–H groups in total. The second-order valence-corrected chi connectivity index (χ2v) is 12.2. The highest BCUT2D eigenvalue weighted by Gasteiger charge is 2.23. The molecule has 0 aliphatic carbocycles. The van der Waals surface area contributed by atoms with E-state index >= 15 is 0 Å². The molecule has 0 spiro atoms. The minimum absolute atomic E-state index is 0.304. The van der Waals surface area contributed by atoms with Gasteiger partial charge in [-0.3, -0.25) is 0 Å². The molecule has 0 atom stereocenters. The second kappa shape index (κ2) is 11.7. The molecule has 7 heteroatoms. The molecule has 39 heavy (non-hydrogen) atoms. The highest BCUT2D eigenvalue weighted by Crippen LogP contribution is 2.45.